The van der Waals surface area contributed by atoms with Gasteiger partial charge in [0.25, 0.3) is 0 Å². The Balaban J connectivity index is 2.18. The molecule has 0 aromatic heterocycles. The molecule has 0 amide bonds. The van der Waals surface area contributed by atoms with Crippen LogP contribution in [-0.4, -0.2) is 12.0 Å². The number of rotatable bonds is 0. The van der Waals surface area contributed by atoms with Gasteiger partial charge in [-0.1, -0.05) is 11.9 Å². The minimum Gasteiger partial charge on any atom is -0.291 e. The van der Waals surface area contributed by atoms with Crippen LogP contribution < -0.4 is 10.0 Å². The van der Waals surface area contributed by atoms with Crippen LogP contribution in [0, 0.1) is 0 Å². The van der Waals surface area contributed by atoms with Gasteiger partial charge < -0.3 is 0 Å². The highest BCUT2D eigenvalue weighted by molar-refractivity contribution is 7.98. The van der Waals surface area contributed by atoms with Crippen molar-refractivity contribution < 1.29 is 0 Å². The molecule has 0 saturated carbocycles. The molecule has 36 valence electrons. The zero-order valence-electron chi connectivity index (χ0n) is 3.69. The van der Waals surface area contributed by atoms with Gasteiger partial charge in [0, 0.05) is 0 Å². The molecule has 0 unspecified atom stereocenters. The first kappa shape index (κ1) is 4.43. The average molecular weight is 104 g/mol. The van der Waals surface area contributed by atoms with Gasteiger partial charge in [-0.05, 0) is 6.92 Å². The van der Waals surface area contributed by atoms with Crippen molar-refractivity contribution in [2.75, 3.05) is 6.67 Å². The average Bonchev–Trinajstić information content (AvgIpc) is 1.86. The maximum absolute atomic E-state index is 3.17. The fourth-order valence-corrected chi connectivity index (χ4v) is 0.977. The Morgan fingerprint density at radius 1 is 1.83 bits per heavy atom. The maximum Gasteiger partial charge on any atom is 0.0660 e. The molecule has 1 rings (SSSR count). The van der Waals surface area contributed by atoms with Crippen molar-refractivity contribution >= 4 is 11.9 Å². The molecule has 1 aliphatic heterocycles. The molecule has 2 N–H and O–H groups in total. The summed E-state index contributed by atoms with van der Waals surface area (Å²) < 4.78 is 3.08. The van der Waals surface area contributed by atoms with Gasteiger partial charge in [-0.3, -0.25) is 5.32 Å². The minimum absolute atomic E-state index is 0.602. The predicted molar refractivity (Wildman–Crippen MR) is 28.2 cm³/mol. The molecule has 1 atom stereocenters. The Hall–Kier alpha value is 0.270. The lowest BCUT2D eigenvalue weighted by Crippen LogP contribution is -2.16. The quantitative estimate of drug-likeness (QED) is 0.427. The van der Waals surface area contributed by atoms with E-state index < -0.39 is 0 Å². The minimum atomic E-state index is 0.602. The Morgan fingerprint density at radius 2 is 2.67 bits per heavy atom. The molecule has 0 aromatic carbocycles. The zero-order chi connectivity index (χ0) is 4.41. The number of hydrogen-bond donors (Lipinski definition) is 2. The van der Waals surface area contributed by atoms with Gasteiger partial charge in [0.15, 0.2) is 0 Å². The summed E-state index contributed by atoms with van der Waals surface area (Å²) >= 11 is 1.74. The smallest absolute Gasteiger partial charge is 0.0660 e. The summed E-state index contributed by atoms with van der Waals surface area (Å²) in [6, 6.07) is 0. The lowest BCUT2D eigenvalue weighted by molar-refractivity contribution is 0.726. The molecule has 0 bridgehead atoms. The molecule has 0 spiro atoms. The van der Waals surface area contributed by atoms with Crippen LogP contribution in [0.4, 0.5) is 0 Å². The van der Waals surface area contributed by atoms with E-state index in [1.807, 2.05) is 0 Å². The van der Waals surface area contributed by atoms with Gasteiger partial charge in [-0.15, -0.1) is 0 Å². The first-order valence-corrected chi connectivity index (χ1v) is 2.89. The summed E-state index contributed by atoms with van der Waals surface area (Å²) in [5.74, 6) is 0. The molecule has 1 saturated heterocycles. The largest absolute Gasteiger partial charge is 0.291 e. The van der Waals surface area contributed by atoms with E-state index in [9.17, 15) is 0 Å². The number of hydrogen-bond acceptors (Lipinski definition) is 3. The summed E-state index contributed by atoms with van der Waals surface area (Å²) in [5, 5.41) is 3.77. The Morgan fingerprint density at radius 3 is 2.83 bits per heavy atom. The van der Waals surface area contributed by atoms with Crippen LogP contribution in [0.5, 0.6) is 0 Å². The van der Waals surface area contributed by atoms with Gasteiger partial charge in [-0.25, -0.2) is 4.72 Å². The predicted octanol–water partition coefficient (Wildman–Crippen LogP) is 0.131. The monoisotopic (exact) mass is 104 g/mol. The lowest BCUT2D eigenvalue weighted by Gasteiger charge is -1.92. The molecular formula is C3H8N2S. The standard InChI is InChI=1S/C3H8N2S/c1-3-4-2-5-6-3/h3-5H,2H2,1H3/t3-/m1/s1. The first-order chi connectivity index (χ1) is 2.89. The molecular weight excluding hydrogens is 96.1 g/mol. The second-order valence-corrected chi connectivity index (χ2v) is 2.52. The van der Waals surface area contributed by atoms with E-state index in [1.165, 1.54) is 0 Å². The van der Waals surface area contributed by atoms with E-state index in [0.717, 1.165) is 6.67 Å². The normalized spacial score (nSPS) is 34.5. The van der Waals surface area contributed by atoms with Crippen molar-refractivity contribution in [2.24, 2.45) is 0 Å². The van der Waals surface area contributed by atoms with Gasteiger partial charge in [0.1, 0.15) is 0 Å². The van der Waals surface area contributed by atoms with Crippen LogP contribution >= 0.6 is 11.9 Å². The molecule has 3 heteroatoms. The fraction of sp³-hybridized carbons (Fsp3) is 1.00. The van der Waals surface area contributed by atoms with Crippen LogP contribution in [0.2, 0.25) is 0 Å². The van der Waals surface area contributed by atoms with E-state index in [2.05, 4.69) is 17.0 Å². The van der Waals surface area contributed by atoms with E-state index in [0.29, 0.717) is 5.37 Å². The number of nitrogens with one attached hydrogen (secondary N) is 2. The topological polar surface area (TPSA) is 24.1 Å². The van der Waals surface area contributed by atoms with Crippen molar-refractivity contribution in [3.8, 4) is 0 Å². The van der Waals surface area contributed by atoms with Crippen molar-refractivity contribution in [1.82, 2.24) is 10.0 Å². The molecule has 0 radical (unpaired) electrons. The Bertz CT molecular complexity index is 42.1. The van der Waals surface area contributed by atoms with E-state index in [4.69, 9.17) is 0 Å². The van der Waals surface area contributed by atoms with Crippen LogP contribution in [0.1, 0.15) is 6.92 Å². The van der Waals surface area contributed by atoms with Crippen molar-refractivity contribution in [3.63, 3.8) is 0 Å². The lowest BCUT2D eigenvalue weighted by atomic mass is 10.7. The molecule has 1 aliphatic rings. The van der Waals surface area contributed by atoms with Gasteiger partial charge >= 0.3 is 0 Å². The SMILES string of the molecule is C[C@@H]1NCNS1. The summed E-state index contributed by atoms with van der Waals surface area (Å²) in [4.78, 5) is 0. The zero-order valence-corrected chi connectivity index (χ0v) is 4.51. The van der Waals surface area contributed by atoms with Crippen LogP contribution in [0.3, 0.4) is 0 Å². The van der Waals surface area contributed by atoms with E-state index in [-0.39, 0.29) is 0 Å². The van der Waals surface area contributed by atoms with Gasteiger partial charge in [-0.2, -0.15) is 0 Å². The summed E-state index contributed by atoms with van der Waals surface area (Å²) in [5.41, 5.74) is 0. The Labute approximate surface area is 41.8 Å². The van der Waals surface area contributed by atoms with Gasteiger partial charge in [0.2, 0.25) is 0 Å². The third-order valence-corrected chi connectivity index (χ3v) is 1.55. The Kier molecular flexibility index (Phi) is 1.34. The summed E-state index contributed by atoms with van der Waals surface area (Å²) in [6.45, 7) is 3.08. The summed E-state index contributed by atoms with van der Waals surface area (Å²) in [6.07, 6.45) is 0. The van der Waals surface area contributed by atoms with Crippen molar-refractivity contribution in [2.45, 2.75) is 12.3 Å². The van der Waals surface area contributed by atoms with Crippen molar-refractivity contribution in [1.29, 1.82) is 0 Å². The highest BCUT2D eigenvalue weighted by Gasteiger charge is 2.05. The van der Waals surface area contributed by atoms with E-state index in [1.54, 1.807) is 11.9 Å². The highest BCUT2D eigenvalue weighted by atomic mass is 32.2. The molecule has 1 heterocycles. The molecule has 0 aliphatic carbocycles. The molecule has 2 nitrogen and oxygen atoms in total. The third-order valence-electron chi connectivity index (χ3n) is 0.722. The van der Waals surface area contributed by atoms with Crippen LogP contribution in [-0.2, 0) is 0 Å². The second-order valence-electron chi connectivity index (χ2n) is 1.29. The molecule has 6 heavy (non-hydrogen) atoms. The third kappa shape index (κ3) is 0.864. The highest BCUT2D eigenvalue weighted by Crippen LogP contribution is 2.04. The maximum atomic E-state index is 3.17. The molecule has 1 fully saturated rings. The van der Waals surface area contributed by atoms with Gasteiger partial charge in [0.05, 0.1) is 12.0 Å². The van der Waals surface area contributed by atoms with E-state index >= 15 is 0 Å². The fourth-order valence-electron chi connectivity index (χ4n) is 0.394. The summed E-state index contributed by atoms with van der Waals surface area (Å²) in [7, 11) is 0. The van der Waals surface area contributed by atoms with Crippen LogP contribution in [0.25, 0.3) is 0 Å². The van der Waals surface area contributed by atoms with Crippen LogP contribution in [0.15, 0.2) is 0 Å². The first-order valence-electron chi connectivity index (χ1n) is 2.01. The van der Waals surface area contributed by atoms with Crippen molar-refractivity contribution in [3.05, 3.63) is 0 Å². The second kappa shape index (κ2) is 1.82. The molecule has 0 aromatic rings.